The first kappa shape index (κ1) is 14.5. The van der Waals surface area contributed by atoms with Crippen LogP contribution in [0.5, 0.6) is 0 Å². The highest BCUT2D eigenvalue weighted by Crippen LogP contribution is 2.19. The second kappa shape index (κ2) is 5.22. The van der Waals surface area contributed by atoms with Gasteiger partial charge in [-0.15, -0.1) is 0 Å². The summed E-state index contributed by atoms with van der Waals surface area (Å²) >= 11 is 5.71. The van der Waals surface area contributed by atoms with Crippen molar-refractivity contribution in [3.63, 3.8) is 0 Å². The molecule has 9 heteroatoms. The molecule has 1 aromatic heterocycles. The molecule has 0 saturated carbocycles. The molecule has 20 heavy (non-hydrogen) atoms. The van der Waals surface area contributed by atoms with E-state index in [0.717, 1.165) is 12.1 Å². The molecular formula is C11H10ClFN4O2S. The smallest absolute Gasteiger partial charge is 0.264 e. The lowest BCUT2D eigenvalue weighted by molar-refractivity contribution is 0.596. The molecule has 0 fully saturated rings. The maximum Gasteiger partial charge on any atom is 0.264 e. The Hall–Kier alpha value is -1.93. The van der Waals surface area contributed by atoms with Crippen LogP contribution in [0.4, 0.5) is 16.0 Å². The van der Waals surface area contributed by atoms with Crippen LogP contribution in [0.15, 0.2) is 29.2 Å². The van der Waals surface area contributed by atoms with Crippen molar-refractivity contribution >= 4 is 33.3 Å². The number of hydrogen-bond donors (Lipinski definition) is 2. The SMILES string of the molecule is Cc1cc(Cl)nc(NS(=O)(=O)c2ccc(N)c(F)c2)n1. The van der Waals surface area contributed by atoms with Gasteiger partial charge in [0.2, 0.25) is 5.95 Å². The van der Waals surface area contributed by atoms with Gasteiger partial charge in [-0.3, -0.25) is 0 Å². The molecule has 0 amide bonds. The Bertz CT molecular complexity index is 747. The molecule has 2 rings (SSSR count). The lowest BCUT2D eigenvalue weighted by Gasteiger charge is -2.08. The van der Waals surface area contributed by atoms with E-state index in [2.05, 4.69) is 14.7 Å². The van der Waals surface area contributed by atoms with Crippen LogP contribution in [0.3, 0.4) is 0 Å². The fourth-order valence-electron chi connectivity index (χ4n) is 1.43. The number of nitrogens with one attached hydrogen (secondary N) is 1. The van der Waals surface area contributed by atoms with Crippen molar-refractivity contribution in [3.05, 3.63) is 40.9 Å². The van der Waals surface area contributed by atoms with Gasteiger partial charge in [-0.25, -0.2) is 27.5 Å². The number of nitrogens with two attached hydrogens (primary N) is 1. The van der Waals surface area contributed by atoms with Crippen molar-refractivity contribution in [1.82, 2.24) is 9.97 Å². The number of nitrogens with zero attached hydrogens (tertiary/aromatic N) is 2. The number of halogens is 2. The van der Waals surface area contributed by atoms with Crippen LogP contribution < -0.4 is 10.5 Å². The Morgan fingerprint density at radius 1 is 1.30 bits per heavy atom. The first-order valence-electron chi connectivity index (χ1n) is 5.37. The average molecular weight is 317 g/mol. The number of aryl methyl sites for hydroxylation is 1. The van der Waals surface area contributed by atoms with Gasteiger partial charge in [-0.2, -0.15) is 0 Å². The van der Waals surface area contributed by atoms with Crippen molar-refractivity contribution in [2.45, 2.75) is 11.8 Å². The molecule has 0 aliphatic carbocycles. The Kier molecular flexibility index (Phi) is 3.78. The van der Waals surface area contributed by atoms with Gasteiger partial charge < -0.3 is 5.73 Å². The van der Waals surface area contributed by atoms with Gasteiger partial charge in [0, 0.05) is 5.69 Å². The van der Waals surface area contributed by atoms with E-state index in [4.69, 9.17) is 17.3 Å². The van der Waals surface area contributed by atoms with Crippen LogP contribution in [0.25, 0.3) is 0 Å². The summed E-state index contributed by atoms with van der Waals surface area (Å²) in [4.78, 5) is 7.32. The van der Waals surface area contributed by atoms with E-state index in [9.17, 15) is 12.8 Å². The highest BCUT2D eigenvalue weighted by Gasteiger charge is 2.17. The van der Waals surface area contributed by atoms with E-state index >= 15 is 0 Å². The Labute approximate surface area is 119 Å². The van der Waals surface area contributed by atoms with E-state index < -0.39 is 15.8 Å². The van der Waals surface area contributed by atoms with Crippen LogP contribution in [-0.2, 0) is 10.0 Å². The standard InChI is InChI=1S/C11H10ClFN4O2S/c1-6-4-10(12)16-11(15-6)17-20(18,19)7-2-3-9(14)8(13)5-7/h2-5H,14H2,1H3,(H,15,16,17). The van der Waals surface area contributed by atoms with Crippen molar-refractivity contribution in [2.75, 3.05) is 10.5 Å². The molecule has 1 aromatic carbocycles. The van der Waals surface area contributed by atoms with E-state index in [0.29, 0.717) is 5.69 Å². The number of sulfonamides is 1. The Morgan fingerprint density at radius 3 is 2.60 bits per heavy atom. The molecule has 106 valence electrons. The maximum atomic E-state index is 13.3. The van der Waals surface area contributed by atoms with Gasteiger partial charge in [0.15, 0.2) is 0 Å². The van der Waals surface area contributed by atoms with E-state index in [1.807, 2.05) is 0 Å². The summed E-state index contributed by atoms with van der Waals surface area (Å²) in [5, 5.41) is 0.0960. The largest absolute Gasteiger partial charge is 0.396 e. The molecular weight excluding hydrogens is 307 g/mol. The van der Waals surface area contributed by atoms with Crippen LogP contribution in [0, 0.1) is 12.7 Å². The van der Waals surface area contributed by atoms with Gasteiger partial charge in [-0.05, 0) is 31.2 Å². The van der Waals surface area contributed by atoms with Crippen molar-refractivity contribution in [2.24, 2.45) is 0 Å². The predicted molar refractivity (Wildman–Crippen MR) is 73.4 cm³/mol. The molecule has 1 heterocycles. The average Bonchev–Trinajstić information content (AvgIpc) is 2.30. The lowest BCUT2D eigenvalue weighted by Crippen LogP contribution is -2.15. The summed E-state index contributed by atoms with van der Waals surface area (Å²) in [6.07, 6.45) is 0. The second-order valence-corrected chi connectivity index (χ2v) is 6.01. The van der Waals surface area contributed by atoms with Gasteiger partial charge in [0.1, 0.15) is 11.0 Å². The van der Waals surface area contributed by atoms with Crippen molar-refractivity contribution in [3.8, 4) is 0 Å². The van der Waals surface area contributed by atoms with Crippen LogP contribution >= 0.6 is 11.6 Å². The van der Waals surface area contributed by atoms with Gasteiger partial charge >= 0.3 is 0 Å². The summed E-state index contributed by atoms with van der Waals surface area (Å²) < 4.78 is 39.5. The number of anilines is 2. The molecule has 3 N–H and O–H groups in total. The number of hydrogen-bond acceptors (Lipinski definition) is 5. The molecule has 0 bridgehead atoms. The molecule has 0 radical (unpaired) electrons. The zero-order chi connectivity index (χ0) is 14.9. The van der Waals surface area contributed by atoms with Gasteiger partial charge in [-0.1, -0.05) is 11.6 Å². The summed E-state index contributed by atoms with van der Waals surface area (Å²) in [5.74, 6) is -1.01. The molecule has 0 unspecified atom stereocenters. The first-order valence-corrected chi connectivity index (χ1v) is 7.23. The normalized spacial score (nSPS) is 11.3. The van der Waals surface area contributed by atoms with Crippen LogP contribution in [-0.4, -0.2) is 18.4 Å². The summed E-state index contributed by atoms with van der Waals surface area (Å²) in [7, 11) is -4.02. The Balaban J connectivity index is 2.37. The number of rotatable bonds is 3. The maximum absolute atomic E-state index is 13.3. The minimum Gasteiger partial charge on any atom is -0.396 e. The van der Waals surface area contributed by atoms with Gasteiger partial charge in [0.05, 0.1) is 10.6 Å². The number of benzene rings is 1. The van der Waals surface area contributed by atoms with Gasteiger partial charge in [0.25, 0.3) is 10.0 Å². The van der Waals surface area contributed by atoms with Crippen molar-refractivity contribution < 1.29 is 12.8 Å². The zero-order valence-electron chi connectivity index (χ0n) is 10.3. The van der Waals surface area contributed by atoms with Crippen molar-refractivity contribution in [1.29, 1.82) is 0 Å². The molecule has 0 aliphatic rings. The van der Waals surface area contributed by atoms with E-state index in [1.54, 1.807) is 6.92 Å². The highest BCUT2D eigenvalue weighted by atomic mass is 35.5. The van der Waals surface area contributed by atoms with E-state index in [-0.39, 0.29) is 21.7 Å². The number of aromatic nitrogens is 2. The fourth-order valence-corrected chi connectivity index (χ4v) is 2.62. The topological polar surface area (TPSA) is 98.0 Å². The second-order valence-electron chi connectivity index (χ2n) is 3.94. The fraction of sp³-hybridized carbons (Fsp3) is 0.0909. The third-order valence-electron chi connectivity index (χ3n) is 2.33. The molecule has 0 atom stereocenters. The molecule has 2 aromatic rings. The lowest BCUT2D eigenvalue weighted by atomic mass is 10.3. The summed E-state index contributed by atoms with van der Waals surface area (Å²) in [6, 6.07) is 4.63. The van der Waals surface area contributed by atoms with Crippen LogP contribution in [0.2, 0.25) is 5.15 Å². The zero-order valence-corrected chi connectivity index (χ0v) is 11.8. The molecule has 0 spiro atoms. The molecule has 6 nitrogen and oxygen atoms in total. The minimum atomic E-state index is -4.02. The summed E-state index contributed by atoms with van der Waals surface area (Å²) in [5.41, 5.74) is 5.64. The molecule has 0 saturated heterocycles. The first-order chi connectivity index (χ1) is 9.28. The highest BCUT2D eigenvalue weighted by molar-refractivity contribution is 7.92. The molecule has 0 aliphatic heterocycles. The third kappa shape index (κ3) is 3.14. The number of nitrogen functional groups attached to an aromatic ring is 1. The quantitative estimate of drug-likeness (QED) is 0.666. The minimum absolute atomic E-state index is 0.0960. The van der Waals surface area contributed by atoms with Crippen LogP contribution in [0.1, 0.15) is 5.69 Å². The monoisotopic (exact) mass is 316 g/mol. The predicted octanol–water partition coefficient (Wildman–Crippen LogP) is 1.96. The van der Waals surface area contributed by atoms with E-state index in [1.165, 1.54) is 12.1 Å². The summed E-state index contributed by atoms with van der Waals surface area (Å²) in [6.45, 7) is 1.63. The Morgan fingerprint density at radius 2 is 2.00 bits per heavy atom. The third-order valence-corrected chi connectivity index (χ3v) is 3.85.